The molecule has 1 aliphatic heterocycles. The molecular formula is C10H8N2O. The van der Waals surface area contributed by atoms with Crippen LogP contribution in [0.4, 0.5) is 0 Å². The Morgan fingerprint density at radius 3 is 2.62 bits per heavy atom. The minimum absolute atomic E-state index is 0.655. The van der Waals surface area contributed by atoms with Gasteiger partial charge < -0.3 is 4.74 Å². The molecule has 0 atom stereocenters. The second-order valence-electron chi connectivity index (χ2n) is 2.72. The average molecular weight is 172 g/mol. The van der Waals surface area contributed by atoms with Crippen molar-refractivity contribution in [3.8, 4) is 6.07 Å². The van der Waals surface area contributed by atoms with Crippen LogP contribution in [-0.2, 0) is 4.74 Å². The summed E-state index contributed by atoms with van der Waals surface area (Å²) in [6, 6.07) is 9.29. The fraction of sp³-hybridized carbons (Fsp3) is 0.200. The van der Waals surface area contributed by atoms with E-state index in [9.17, 15) is 0 Å². The number of nitriles is 1. The van der Waals surface area contributed by atoms with Gasteiger partial charge >= 0.3 is 0 Å². The first-order valence-corrected chi connectivity index (χ1v) is 4.08. The number of hydrogen-bond donors (Lipinski definition) is 0. The molecule has 1 heterocycles. The quantitative estimate of drug-likeness (QED) is 0.641. The van der Waals surface area contributed by atoms with Crippen LogP contribution in [0.5, 0.6) is 0 Å². The van der Waals surface area contributed by atoms with Crippen molar-refractivity contribution in [2.45, 2.75) is 0 Å². The summed E-state index contributed by atoms with van der Waals surface area (Å²) in [5.74, 6) is 0.685. The summed E-state index contributed by atoms with van der Waals surface area (Å²) in [5, 5.41) is 8.58. The summed E-state index contributed by atoms with van der Waals surface area (Å²) >= 11 is 0. The highest BCUT2D eigenvalue weighted by atomic mass is 16.5. The van der Waals surface area contributed by atoms with E-state index in [2.05, 4.69) is 11.1 Å². The predicted octanol–water partition coefficient (Wildman–Crippen LogP) is 1.34. The van der Waals surface area contributed by atoms with Gasteiger partial charge in [-0.05, 0) is 24.3 Å². The van der Waals surface area contributed by atoms with Crippen molar-refractivity contribution in [1.82, 2.24) is 0 Å². The topological polar surface area (TPSA) is 45.4 Å². The third-order valence-electron chi connectivity index (χ3n) is 1.85. The average Bonchev–Trinajstić information content (AvgIpc) is 2.71. The van der Waals surface area contributed by atoms with E-state index in [1.165, 1.54) is 0 Å². The lowest BCUT2D eigenvalue weighted by Gasteiger charge is -2.00. The van der Waals surface area contributed by atoms with Crippen molar-refractivity contribution in [2.24, 2.45) is 4.99 Å². The Bertz CT molecular complexity index is 373. The van der Waals surface area contributed by atoms with Gasteiger partial charge in [0.1, 0.15) is 6.61 Å². The van der Waals surface area contributed by atoms with Gasteiger partial charge in [0, 0.05) is 5.56 Å². The van der Waals surface area contributed by atoms with Crippen LogP contribution in [0.15, 0.2) is 29.3 Å². The van der Waals surface area contributed by atoms with E-state index in [1.807, 2.05) is 12.1 Å². The lowest BCUT2D eigenvalue weighted by Crippen LogP contribution is -2.00. The Kier molecular flexibility index (Phi) is 1.97. The molecule has 0 spiro atoms. The molecule has 0 radical (unpaired) electrons. The van der Waals surface area contributed by atoms with Gasteiger partial charge in [0.05, 0.1) is 18.2 Å². The van der Waals surface area contributed by atoms with E-state index in [0.717, 1.165) is 12.1 Å². The van der Waals surface area contributed by atoms with Crippen LogP contribution >= 0.6 is 0 Å². The Hall–Kier alpha value is -1.82. The molecule has 64 valence electrons. The second kappa shape index (κ2) is 3.28. The van der Waals surface area contributed by atoms with Gasteiger partial charge in [-0.1, -0.05) is 0 Å². The van der Waals surface area contributed by atoms with Crippen LogP contribution in [0.25, 0.3) is 0 Å². The molecular weight excluding hydrogens is 164 g/mol. The first-order valence-electron chi connectivity index (χ1n) is 4.08. The van der Waals surface area contributed by atoms with Gasteiger partial charge in [-0.25, -0.2) is 4.99 Å². The summed E-state index contributed by atoms with van der Waals surface area (Å²) in [6.07, 6.45) is 0. The van der Waals surface area contributed by atoms with E-state index in [0.29, 0.717) is 18.1 Å². The molecule has 0 saturated heterocycles. The molecule has 1 aromatic carbocycles. The fourth-order valence-corrected chi connectivity index (χ4v) is 1.20. The Labute approximate surface area is 76.3 Å². The van der Waals surface area contributed by atoms with Crippen LogP contribution in [0.2, 0.25) is 0 Å². The van der Waals surface area contributed by atoms with Crippen molar-refractivity contribution >= 4 is 5.90 Å². The van der Waals surface area contributed by atoms with E-state index in [-0.39, 0.29) is 0 Å². The molecule has 1 aliphatic rings. The van der Waals surface area contributed by atoms with Crippen molar-refractivity contribution < 1.29 is 4.74 Å². The van der Waals surface area contributed by atoms with Crippen molar-refractivity contribution in [3.05, 3.63) is 35.4 Å². The van der Waals surface area contributed by atoms with Crippen molar-refractivity contribution in [1.29, 1.82) is 5.26 Å². The number of benzene rings is 1. The number of aliphatic imine (C=N–C) groups is 1. The number of nitrogens with zero attached hydrogens (tertiary/aromatic N) is 2. The zero-order valence-electron chi connectivity index (χ0n) is 7.03. The predicted molar refractivity (Wildman–Crippen MR) is 48.5 cm³/mol. The summed E-state index contributed by atoms with van der Waals surface area (Å²) in [7, 11) is 0. The van der Waals surface area contributed by atoms with E-state index in [4.69, 9.17) is 10.00 Å². The highest BCUT2D eigenvalue weighted by Crippen LogP contribution is 2.08. The molecule has 2 rings (SSSR count). The molecule has 3 nitrogen and oxygen atoms in total. The first-order chi connectivity index (χ1) is 6.40. The van der Waals surface area contributed by atoms with Gasteiger partial charge in [0.2, 0.25) is 5.90 Å². The Morgan fingerprint density at radius 1 is 1.31 bits per heavy atom. The monoisotopic (exact) mass is 172 g/mol. The molecule has 0 unspecified atom stereocenters. The van der Waals surface area contributed by atoms with Gasteiger partial charge in [-0.3, -0.25) is 0 Å². The third-order valence-corrected chi connectivity index (χ3v) is 1.85. The summed E-state index contributed by atoms with van der Waals surface area (Å²) in [4.78, 5) is 4.17. The van der Waals surface area contributed by atoms with Crippen LogP contribution in [0.1, 0.15) is 11.1 Å². The lowest BCUT2D eigenvalue weighted by atomic mass is 10.1. The number of hydrogen-bond acceptors (Lipinski definition) is 3. The molecule has 0 N–H and O–H groups in total. The maximum absolute atomic E-state index is 8.58. The minimum atomic E-state index is 0.655. The number of ether oxygens (including phenoxy) is 1. The van der Waals surface area contributed by atoms with Crippen LogP contribution < -0.4 is 0 Å². The maximum atomic E-state index is 8.58. The second-order valence-corrected chi connectivity index (χ2v) is 2.72. The zero-order chi connectivity index (χ0) is 9.10. The smallest absolute Gasteiger partial charge is 0.216 e. The Morgan fingerprint density at radius 2 is 2.08 bits per heavy atom. The number of rotatable bonds is 1. The highest BCUT2D eigenvalue weighted by Gasteiger charge is 2.09. The van der Waals surface area contributed by atoms with Crippen LogP contribution in [0, 0.1) is 11.3 Å². The summed E-state index contributed by atoms with van der Waals surface area (Å²) in [5.41, 5.74) is 1.60. The SMILES string of the molecule is N#Cc1ccc(C2=NCCO2)cc1. The molecule has 0 aliphatic carbocycles. The summed E-state index contributed by atoms with van der Waals surface area (Å²) in [6.45, 7) is 1.39. The maximum Gasteiger partial charge on any atom is 0.216 e. The summed E-state index contributed by atoms with van der Waals surface area (Å²) < 4.78 is 5.28. The molecule has 0 fully saturated rings. The largest absolute Gasteiger partial charge is 0.476 e. The third kappa shape index (κ3) is 1.52. The van der Waals surface area contributed by atoms with E-state index >= 15 is 0 Å². The van der Waals surface area contributed by atoms with Gasteiger partial charge in [0.15, 0.2) is 0 Å². The van der Waals surface area contributed by atoms with E-state index < -0.39 is 0 Å². The Balaban J connectivity index is 2.28. The molecule has 0 saturated carbocycles. The van der Waals surface area contributed by atoms with Gasteiger partial charge in [0.25, 0.3) is 0 Å². The molecule has 0 bridgehead atoms. The first kappa shape index (κ1) is 7.81. The zero-order valence-corrected chi connectivity index (χ0v) is 7.03. The van der Waals surface area contributed by atoms with Crippen LogP contribution in [-0.4, -0.2) is 19.0 Å². The van der Waals surface area contributed by atoms with Crippen molar-refractivity contribution in [3.63, 3.8) is 0 Å². The van der Waals surface area contributed by atoms with E-state index in [1.54, 1.807) is 12.1 Å². The lowest BCUT2D eigenvalue weighted by molar-refractivity contribution is 0.348. The van der Waals surface area contributed by atoms with Gasteiger partial charge in [-0.2, -0.15) is 5.26 Å². The highest BCUT2D eigenvalue weighted by molar-refractivity contribution is 5.94. The molecule has 13 heavy (non-hydrogen) atoms. The fourth-order valence-electron chi connectivity index (χ4n) is 1.20. The van der Waals surface area contributed by atoms with Gasteiger partial charge in [-0.15, -0.1) is 0 Å². The van der Waals surface area contributed by atoms with Crippen LogP contribution in [0.3, 0.4) is 0 Å². The molecule has 1 aromatic rings. The minimum Gasteiger partial charge on any atom is -0.476 e. The molecule has 0 aromatic heterocycles. The standard InChI is InChI=1S/C10H8N2O/c11-7-8-1-3-9(4-2-8)10-12-5-6-13-10/h1-4H,5-6H2. The van der Waals surface area contributed by atoms with Crippen molar-refractivity contribution in [2.75, 3.05) is 13.2 Å². The normalized spacial score (nSPS) is 14.5. The molecule has 3 heteroatoms. The molecule has 0 amide bonds.